The monoisotopic (exact) mass is 412 g/mol. The predicted octanol–water partition coefficient (Wildman–Crippen LogP) is 3.39. The summed E-state index contributed by atoms with van der Waals surface area (Å²) < 4.78 is 18.4. The van der Waals surface area contributed by atoms with E-state index in [4.69, 9.17) is 27.9 Å². The molecule has 0 fully saturated rings. The van der Waals surface area contributed by atoms with Gasteiger partial charge in [-0.05, 0) is 24.3 Å². The minimum atomic E-state index is -1.07. The van der Waals surface area contributed by atoms with Crippen molar-refractivity contribution in [3.05, 3.63) is 63.9 Å². The van der Waals surface area contributed by atoms with Gasteiger partial charge < -0.3 is 15.0 Å². The number of nitrogens with zero attached hydrogens (tertiary/aromatic N) is 1. The molecule has 2 amide bonds. The van der Waals surface area contributed by atoms with E-state index in [1.807, 2.05) is 0 Å². The van der Waals surface area contributed by atoms with E-state index in [9.17, 15) is 18.8 Å². The molecule has 0 radical (unpaired) electrons. The van der Waals surface area contributed by atoms with Gasteiger partial charge in [-0.15, -0.1) is 0 Å². The van der Waals surface area contributed by atoms with E-state index < -0.39 is 35.8 Å². The molecule has 0 aliphatic carbocycles. The van der Waals surface area contributed by atoms with Crippen molar-refractivity contribution in [2.24, 2.45) is 0 Å². The molecule has 0 bridgehead atoms. The smallest absolute Gasteiger partial charge is 0.343 e. The molecule has 1 N–H and O–H groups in total. The first-order valence-corrected chi connectivity index (χ1v) is 8.44. The molecule has 0 aliphatic rings. The number of nitrogens with one attached hydrogen (secondary N) is 1. The molecule has 9 heteroatoms. The molecule has 0 saturated carbocycles. The number of rotatable bonds is 6. The fourth-order valence-electron chi connectivity index (χ4n) is 2.06. The molecule has 0 aromatic heterocycles. The summed E-state index contributed by atoms with van der Waals surface area (Å²) in [5, 5.41) is 2.79. The largest absolute Gasteiger partial charge is 0.452 e. The van der Waals surface area contributed by atoms with Crippen molar-refractivity contribution < 1.29 is 23.5 Å². The average molecular weight is 413 g/mol. The Labute approximate surface area is 164 Å². The van der Waals surface area contributed by atoms with Crippen molar-refractivity contribution in [2.75, 3.05) is 25.5 Å². The number of esters is 1. The Morgan fingerprint density at radius 2 is 1.74 bits per heavy atom. The number of carbonyl (C=O) groups excluding carboxylic acids is 3. The third-order valence-corrected chi connectivity index (χ3v) is 4.09. The number of anilines is 1. The van der Waals surface area contributed by atoms with Crippen LogP contribution in [0.3, 0.4) is 0 Å². The van der Waals surface area contributed by atoms with Gasteiger partial charge in [0.1, 0.15) is 11.4 Å². The van der Waals surface area contributed by atoms with E-state index in [2.05, 4.69) is 5.32 Å². The van der Waals surface area contributed by atoms with Crippen molar-refractivity contribution in [3.63, 3.8) is 0 Å². The number of halogens is 3. The standard InChI is InChI=1S/C18H15Cl2FN2O4/c1-23(9-15(24)22-14-8-3-2-5-11(14)19)16(25)10-27-18(26)17-12(20)6-4-7-13(17)21/h2-8H,9-10H2,1H3,(H,22,24). The number of hydrogen-bond donors (Lipinski definition) is 1. The maximum Gasteiger partial charge on any atom is 0.343 e. The molecule has 0 saturated heterocycles. The Bertz CT molecular complexity index is 856. The number of likely N-dealkylation sites (N-methyl/N-ethyl adjacent to an activating group) is 1. The van der Waals surface area contributed by atoms with Crippen LogP contribution in [0.25, 0.3) is 0 Å². The molecule has 142 valence electrons. The molecule has 27 heavy (non-hydrogen) atoms. The minimum absolute atomic E-state index is 0.125. The van der Waals surface area contributed by atoms with Gasteiger partial charge in [0.25, 0.3) is 5.91 Å². The highest BCUT2D eigenvalue weighted by Crippen LogP contribution is 2.21. The molecular formula is C18H15Cl2FN2O4. The van der Waals surface area contributed by atoms with Crippen LogP contribution in [-0.2, 0) is 14.3 Å². The van der Waals surface area contributed by atoms with Crippen molar-refractivity contribution in [1.82, 2.24) is 4.90 Å². The van der Waals surface area contributed by atoms with Gasteiger partial charge in [0, 0.05) is 7.05 Å². The van der Waals surface area contributed by atoms with Gasteiger partial charge in [-0.3, -0.25) is 9.59 Å². The van der Waals surface area contributed by atoms with Crippen molar-refractivity contribution in [3.8, 4) is 0 Å². The van der Waals surface area contributed by atoms with Crippen LogP contribution >= 0.6 is 23.2 Å². The van der Waals surface area contributed by atoms with Crippen LogP contribution in [0.2, 0.25) is 10.0 Å². The summed E-state index contributed by atoms with van der Waals surface area (Å²) in [6, 6.07) is 10.4. The predicted molar refractivity (Wildman–Crippen MR) is 99.4 cm³/mol. The summed E-state index contributed by atoms with van der Waals surface area (Å²) in [5.41, 5.74) is -0.0447. The number of benzene rings is 2. The summed E-state index contributed by atoms with van der Waals surface area (Å²) in [6.07, 6.45) is 0. The third-order valence-electron chi connectivity index (χ3n) is 3.45. The number of hydrogen-bond acceptors (Lipinski definition) is 4. The summed E-state index contributed by atoms with van der Waals surface area (Å²) in [4.78, 5) is 37.0. The van der Waals surface area contributed by atoms with Crippen LogP contribution in [0.15, 0.2) is 42.5 Å². The normalized spacial score (nSPS) is 10.2. The topological polar surface area (TPSA) is 75.7 Å². The van der Waals surface area contributed by atoms with E-state index in [0.29, 0.717) is 10.7 Å². The van der Waals surface area contributed by atoms with Gasteiger partial charge in [0.2, 0.25) is 5.91 Å². The Morgan fingerprint density at radius 3 is 2.41 bits per heavy atom. The first-order chi connectivity index (χ1) is 12.8. The third kappa shape index (κ3) is 5.67. The molecule has 0 unspecified atom stereocenters. The second-order valence-corrected chi connectivity index (χ2v) is 6.27. The molecule has 0 aliphatic heterocycles. The fourth-order valence-corrected chi connectivity index (χ4v) is 2.48. The van der Waals surface area contributed by atoms with Gasteiger partial charge in [-0.1, -0.05) is 41.4 Å². The second kappa shape index (κ2) is 9.34. The van der Waals surface area contributed by atoms with E-state index in [0.717, 1.165) is 11.0 Å². The van der Waals surface area contributed by atoms with Crippen LogP contribution in [-0.4, -0.2) is 42.9 Å². The Balaban J connectivity index is 1.87. The Morgan fingerprint density at radius 1 is 1.07 bits per heavy atom. The van der Waals surface area contributed by atoms with E-state index in [1.165, 1.54) is 19.2 Å². The quantitative estimate of drug-likeness (QED) is 0.737. The van der Waals surface area contributed by atoms with Gasteiger partial charge in [-0.2, -0.15) is 0 Å². The molecule has 0 spiro atoms. The summed E-state index contributed by atoms with van der Waals surface area (Å²) in [6.45, 7) is -0.957. The van der Waals surface area contributed by atoms with Gasteiger partial charge in [0.05, 0.1) is 22.3 Å². The first-order valence-electron chi connectivity index (χ1n) is 7.69. The highest BCUT2D eigenvalue weighted by Gasteiger charge is 2.20. The van der Waals surface area contributed by atoms with Crippen LogP contribution in [0.1, 0.15) is 10.4 Å². The van der Waals surface area contributed by atoms with E-state index in [1.54, 1.807) is 24.3 Å². The lowest BCUT2D eigenvalue weighted by atomic mass is 10.2. The van der Waals surface area contributed by atoms with Crippen LogP contribution in [0.5, 0.6) is 0 Å². The Kier molecular flexibility index (Phi) is 7.15. The van der Waals surface area contributed by atoms with Crippen molar-refractivity contribution in [1.29, 1.82) is 0 Å². The molecule has 2 aromatic rings. The van der Waals surface area contributed by atoms with Crippen LogP contribution in [0, 0.1) is 5.82 Å². The maximum atomic E-state index is 13.7. The first kappa shape index (κ1) is 20.7. The highest BCUT2D eigenvalue weighted by molar-refractivity contribution is 6.34. The number of amides is 2. The van der Waals surface area contributed by atoms with Crippen molar-refractivity contribution >= 4 is 46.7 Å². The summed E-state index contributed by atoms with van der Waals surface area (Å²) in [7, 11) is 1.36. The SMILES string of the molecule is CN(CC(=O)Nc1ccccc1Cl)C(=O)COC(=O)c1c(F)cccc1Cl. The molecular weight excluding hydrogens is 398 g/mol. The number of ether oxygens (including phenoxy) is 1. The fraction of sp³-hybridized carbons (Fsp3) is 0.167. The maximum absolute atomic E-state index is 13.7. The van der Waals surface area contributed by atoms with Gasteiger partial charge in [0.15, 0.2) is 6.61 Å². The molecule has 2 rings (SSSR count). The molecule has 2 aromatic carbocycles. The van der Waals surface area contributed by atoms with Gasteiger partial charge >= 0.3 is 5.97 Å². The molecule has 6 nitrogen and oxygen atoms in total. The zero-order valence-electron chi connectivity index (χ0n) is 14.2. The second-order valence-electron chi connectivity index (χ2n) is 5.45. The Hall–Kier alpha value is -2.64. The lowest BCUT2D eigenvalue weighted by Gasteiger charge is -2.17. The average Bonchev–Trinajstić information content (AvgIpc) is 2.61. The van der Waals surface area contributed by atoms with Crippen molar-refractivity contribution in [2.45, 2.75) is 0 Å². The lowest BCUT2D eigenvalue weighted by Crippen LogP contribution is -2.37. The summed E-state index contributed by atoms with van der Waals surface area (Å²) in [5.74, 6) is -3.06. The molecule has 0 heterocycles. The number of para-hydroxylation sites is 1. The van der Waals surface area contributed by atoms with Gasteiger partial charge in [-0.25, -0.2) is 9.18 Å². The van der Waals surface area contributed by atoms with E-state index >= 15 is 0 Å². The van der Waals surface area contributed by atoms with Crippen LogP contribution in [0.4, 0.5) is 10.1 Å². The van der Waals surface area contributed by atoms with E-state index in [-0.39, 0.29) is 11.6 Å². The lowest BCUT2D eigenvalue weighted by molar-refractivity contribution is -0.136. The zero-order valence-corrected chi connectivity index (χ0v) is 15.7. The minimum Gasteiger partial charge on any atom is -0.452 e. The highest BCUT2D eigenvalue weighted by atomic mass is 35.5. The number of carbonyl (C=O) groups is 3. The zero-order chi connectivity index (χ0) is 20.0. The molecule has 0 atom stereocenters. The van der Waals surface area contributed by atoms with Crippen LogP contribution < -0.4 is 5.32 Å². The summed E-state index contributed by atoms with van der Waals surface area (Å²) >= 11 is 11.7.